The van der Waals surface area contributed by atoms with E-state index in [0.717, 1.165) is 5.56 Å². The summed E-state index contributed by atoms with van der Waals surface area (Å²) in [4.78, 5) is 25.7. The number of nitro benzene ring substituents is 1. The third kappa shape index (κ3) is 3.08. The molecule has 0 unspecified atom stereocenters. The number of rotatable bonds is 3. The van der Waals surface area contributed by atoms with E-state index in [2.05, 4.69) is 5.32 Å². The first-order valence-electron chi connectivity index (χ1n) is 8.65. The molecular formula is C21H16ClN3O3. The molecule has 1 N–H and O–H groups in total. The van der Waals surface area contributed by atoms with Crippen molar-refractivity contribution in [3.8, 4) is 0 Å². The number of amides is 1. The van der Waals surface area contributed by atoms with Gasteiger partial charge in [0.1, 0.15) is 6.17 Å². The Kier molecular flexibility index (Phi) is 4.49. The van der Waals surface area contributed by atoms with E-state index in [1.807, 2.05) is 31.2 Å². The zero-order chi connectivity index (χ0) is 19.8. The van der Waals surface area contributed by atoms with Crippen molar-refractivity contribution < 1.29 is 9.72 Å². The minimum atomic E-state index is -0.610. The molecule has 1 atom stereocenters. The van der Waals surface area contributed by atoms with Gasteiger partial charge in [0.25, 0.3) is 11.6 Å². The van der Waals surface area contributed by atoms with E-state index < -0.39 is 11.1 Å². The zero-order valence-electron chi connectivity index (χ0n) is 14.9. The smallest absolute Gasteiger partial charge is 0.269 e. The minimum absolute atomic E-state index is 0.0347. The Hall–Kier alpha value is -3.38. The highest BCUT2D eigenvalue weighted by molar-refractivity contribution is 6.31. The average Bonchev–Trinajstić information content (AvgIpc) is 2.70. The Morgan fingerprint density at radius 3 is 2.61 bits per heavy atom. The van der Waals surface area contributed by atoms with E-state index in [1.165, 1.54) is 12.1 Å². The number of aryl methyl sites for hydroxylation is 1. The van der Waals surface area contributed by atoms with Gasteiger partial charge >= 0.3 is 0 Å². The van der Waals surface area contributed by atoms with E-state index >= 15 is 0 Å². The predicted octanol–water partition coefficient (Wildman–Crippen LogP) is 5.33. The van der Waals surface area contributed by atoms with Crippen molar-refractivity contribution in [1.82, 2.24) is 0 Å². The third-order valence-electron chi connectivity index (χ3n) is 4.76. The summed E-state index contributed by atoms with van der Waals surface area (Å²) < 4.78 is 0. The molecular weight excluding hydrogens is 378 g/mol. The van der Waals surface area contributed by atoms with Gasteiger partial charge in [-0.2, -0.15) is 0 Å². The molecule has 0 aliphatic carbocycles. The van der Waals surface area contributed by atoms with E-state index in [1.54, 1.807) is 35.2 Å². The first kappa shape index (κ1) is 18.0. The lowest BCUT2D eigenvalue weighted by Crippen LogP contribution is -2.43. The number of carbonyl (C=O) groups excluding carboxylic acids is 1. The number of benzene rings is 3. The number of non-ortho nitro benzene ring substituents is 1. The molecule has 0 spiro atoms. The van der Waals surface area contributed by atoms with Crippen LogP contribution in [-0.2, 0) is 0 Å². The van der Waals surface area contributed by atoms with Gasteiger partial charge in [0.05, 0.1) is 10.5 Å². The maximum Gasteiger partial charge on any atom is 0.269 e. The van der Waals surface area contributed by atoms with Crippen LogP contribution in [0.25, 0.3) is 0 Å². The maximum atomic E-state index is 13.3. The standard InChI is InChI=1S/C21H16ClN3O3/c1-13-9-10-15(12-18(13)22)24-20(14-5-4-6-16(11-14)25(27)28)23-19-8-3-2-7-17(19)21(24)26/h2-12,20,23H,1H3/t20-/m1/s1. The number of hydrogen-bond donors (Lipinski definition) is 1. The van der Waals surface area contributed by atoms with Gasteiger partial charge in [0.2, 0.25) is 0 Å². The van der Waals surface area contributed by atoms with Gasteiger partial charge in [-0.3, -0.25) is 19.8 Å². The van der Waals surface area contributed by atoms with Crippen molar-refractivity contribution in [3.05, 3.63) is 98.6 Å². The molecule has 1 aliphatic rings. The second-order valence-corrected chi connectivity index (χ2v) is 6.96. The van der Waals surface area contributed by atoms with Crippen LogP contribution >= 0.6 is 11.6 Å². The zero-order valence-corrected chi connectivity index (χ0v) is 15.7. The van der Waals surface area contributed by atoms with Crippen molar-refractivity contribution in [3.63, 3.8) is 0 Å². The van der Waals surface area contributed by atoms with Crippen LogP contribution in [-0.4, -0.2) is 10.8 Å². The van der Waals surface area contributed by atoms with Crippen LogP contribution < -0.4 is 10.2 Å². The number of carbonyl (C=O) groups is 1. The molecule has 0 saturated carbocycles. The van der Waals surface area contributed by atoms with Crippen LogP contribution in [0.4, 0.5) is 17.1 Å². The lowest BCUT2D eigenvalue weighted by Gasteiger charge is -2.38. The number of nitrogens with zero attached hydrogens (tertiary/aromatic N) is 2. The SMILES string of the molecule is Cc1ccc(N2C(=O)c3ccccc3N[C@H]2c2cccc([N+](=O)[O-])c2)cc1Cl. The van der Waals surface area contributed by atoms with Crippen molar-refractivity contribution in [2.75, 3.05) is 10.2 Å². The minimum Gasteiger partial charge on any atom is -0.360 e. The van der Waals surface area contributed by atoms with Crippen LogP contribution in [0.1, 0.15) is 27.7 Å². The quantitative estimate of drug-likeness (QED) is 0.482. The van der Waals surface area contributed by atoms with Crippen LogP contribution in [0.5, 0.6) is 0 Å². The van der Waals surface area contributed by atoms with Crippen LogP contribution in [0.3, 0.4) is 0 Å². The molecule has 0 radical (unpaired) electrons. The molecule has 6 nitrogen and oxygen atoms in total. The van der Waals surface area contributed by atoms with Gasteiger partial charge in [0.15, 0.2) is 0 Å². The summed E-state index contributed by atoms with van der Waals surface area (Å²) in [5.41, 5.74) is 3.29. The monoisotopic (exact) mass is 393 g/mol. The average molecular weight is 394 g/mol. The van der Waals surface area contributed by atoms with Gasteiger partial charge in [-0.25, -0.2) is 0 Å². The number of anilines is 2. The van der Waals surface area contributed by atoms with Gasteiger partial charge in [-0.15, -0.1) is 0 Å². The van der Waals surface area contributed by atoms with Gasteiger partial charge in [-0.05, 0) is 36.8 Å². The Morgan fingerprint density at radius 2 is 1.86 bits per heavy atom. The fraction of sp³-hybridized carbons (Fsp3) is 0.0952. The second-order valence-electron chi connectivity index (χ2n) is 6.55. The summed E-state index contributed by atoms with van der Waals surface area (Å²) in [7, 11) is 0. The summed E-state index contributed by atoms with van der Waals surface area (Å²) in [5, 5.41) is 15.1. The normalized spacial score (nSPS) is 15.7. The number of halogens is 1. The maximum absolute atomic E-state index is 13.3. The summed E-state index contributed by atoms with van der Waals surface area (Å²) in [6.07, 6.45) is -0.610. The predicted molar refractivity (Wildman–Crippen MR) is 109 cm³/mol. The van der Waals surface area contributed by atoms with E-state index in [0.29, 0.717) is 27.5 Å². The first-order chi connectivity index (χ1) is 13.5. The van der Waals surface area contributed by atoms with Gasteiger partial charge in [0, 0.05) is 34.1 Å². The Bertz CT molecular complexity index is 1100. The molecule has 0 aromatic heterocycles. The Balaban J connectivity index is 1.88. The molecule has 1 aliphatic heterocycles. The molecule has 1 amide bonds. The molecule has 0 saturated heterocycles. The van der Waals surface area contributed by atoms with Crippen molar-refractivity contribution in [2.45, 2.75) is 13.1 Å². The highest BCUT2D eigenvalue weighted by Crippen LogP contribution is 2.38. The molecule has 28 heavy (non-hydrogen) atoms. The molecule has 140 valence electrons. The lowest BCUT2D eigenvalue weighted by molar-refractivity contribution is -0.384. The number of para-hydroxylation sites is 1. The summed E-state index contributed by atoms with van der Waals surface area (Å²) >= 11 is 6.29. The fourth-order valence-corrected chi connectivity index (χ4v) is 3.47. The molecule has 1 heterocycles. The number of fused-ring (bicyclic) bond motifs is 1. The summed E-state index contributed by atoms with van der Waals surface area (Å²) in [5.74, 6) is -0.203. The van der Waals surface area contributed by atoms with Crippen LogP contribution in [0.15, 0.2) is 66.7 Å². The lowest BCUT2D eigenvalue weighted by atomic mass is 10.0. The second kappa shape index (κ2) is 6.98. The van der Waals surface area contributed by atoms with Crippen molar-refractivity contribution in [2.24, 2.45) is 0 Å². The summed E-state index contributed by atoms with van der Waals surface area (Å²) in [6, 6.07) is 18.9. The number of nitrogens with one attached hydrogen (secondary N) is 1. The van der Waals surface area contributed by atoms with Gasteiger partial charge in [-0.1, -0.05) is 41.9 Å². The first-order valence-corrected chi connectivity index (χ1v) is 9.03. The topological polar surface area (TPSA) is 75.5 Å². The number of hydrogen-bond acceptors (Lipinski definition) is 4. The molecule has 7 heteroatoms. The third-order valence-corrected chi connectivity index (χ3v) is 5.16. The molecule has 4 rings (SSSR count). The highest BCUT2D eigenvalue weighted by atomic mass is 35.5. The Labute approximate surface area is 166 Å². The van der Waals surface area contributed by atoms with Crippen LogP contribution in [0, 0.1) is 17.0 Å². The molecule has 0 fully saturated rings. The van der Waals surface area contributed by atoms with E-state index in [4.69, 9.17) is 11.6 Å². The largest absolute Gasteiger partial charge is 0.360 e. The van der Waals surface area contributed by atoms with E-state index in [-0.39, 0.29) is 11.6 Å². The molecule has 0 bridgehead atoms. The number of nitro groups is 1. The van der Waals surface area contributed by atoms with Crippen molar-refractivity contribution >= 4 is 34.6 Å². The van der Waals surface area contributed by atoms with Crippen LogP contribution in [0.2, 0.25) is 5.02 Å². The molecule has 3 aromatic carbocycles. The van der Waals surface area contributed by atoms with Gasteiger partial charge < -0.3 is 5.32 Å². The fourth-order valence-electron chi connectivity index (χ4n) is 3.29. The van der Waals surface area contributed by atoms with E-state index in [9.17, 15) is 14.9 Å². The highest BCUT2D eigenvalue weighted by Gasteiger charge is 2.34. The Morgan fingerprint density at radius 1 is 1.07 bits per heavy atom. The summed E-state index contributed by atoms with van der Waals surface area (Å²) in [6.45, 7) is 1.88. The molecule has 3 aromatic rings. The van der Waals surface area contributed by atoms with Crippen molar-refractivity contribution in [1.29, 1.82) is 0 Å².